The predicted molar refractivity (Wildman–Crippen MR) is 213 cm³/mol. The van der Waals surface area contributed by atoms with Crippen LogP contribution in [0, 0.1) is 0 Å². The van der Waals surface area contributed by atoms with Crippen molar-refractivity contribution in [1.82, 2.24) is 0 Å². The lowest BCUT2D eigenvalue weighted by molar-refractivity contribution is -0.441. The molecule has 4 aromatic carbocycles. The van der Waals surface area contributed by atoms with Gasteiger partial charge in [0.15, 0.2) is 17.9 Å². The highest BCUT2D eigenvalue weighted by atomic mass is 16.5. The molecule has 0 fully saturated rings. The van der Waals surface area contributed by atoms with Crippen LogP contribution in [0.4, 0.5) is 11.4 Å². The van der Waals surface area contributed by atoms with Crippen LogP contribution < -0.4 is 4.90 Å². The highest BCUT2D eigenvalue weighted by Gasteiger charge is 2.45. The zero-order valence-corrected chi connectivity index (χ0v) is 31.4. The summed E-state index contributed by atoms with van der Waals surface area (Å²) in [4.78, 5) is 25.0. The molecule has 2 N–H and O–H groups in total. The number of rotatable bonds is 14. The van der Waals surface area contributed by atoms with Gasteiger partial charge in [-0.25, -0.2) is 9.59 Å². The number of carboxylic acid groups (broad SMARTS) is 2. The maximum atomic E-state index is 11.7. The molecule has 0 unspecified atom stereocenters. The summed E-state index contributed by atoms with van der Waals surface area (Å²) in [7, 11) is 0. The molecule has 0 bridgehead atoms. The Morgan fingerprint density at radius 2 is 1.40 bits per heavy atom. The van der Waals surface area contributed by atoms with Crippen LogP contribution in [-0.2, 0) is 29.9 Å². The van der Waals surface area contributed by atoms with Gasteiger partial charge in [0.2, 0.25) is 5.69 Å². The first-order valence-corrected chi connectivity index (χ1v) is 18.1. The third-order valence-corrected chi connectivity index (χ3v) is 10.4. The second kappa shape index (κ2) is 15.0. The van der Waals surface area contributed by atoms with Gasteiger partial charge in [-0.05, 0) is 73.0 Å². The minimum atomic E-state index is -1.28. The molecule has 2 aliphatic rings. The van der Waals surface area contributed by atoms with E-state index >= 15 is 0 Å². The Balaban J connectivity index is 1.26. The van der Waals surface area contributed by atoms with E-state index in [0.29, 0.717) is 13.1 Å². The summed E-state index contributed by atoms with van der Waals surface area (Å²) >= 11 is 0. The van der Waals surface area contributed by atoms with Gasteiger partial charge in [-0.3, -0.25) is 0 Å². The number of hydrogen-bond acceptors (Lipinski definition) is 5. The van der Waals surface area contributed by atoms with E-state index in [4.69, 9.17) is 14.6 Å². The molecule has 6 rings (SSSR count). The Morgan fingerprint density at radius 1 is 0.774 bits per heavy atom. The molecule has 8 heteroatoms. The Hall–Kier alpha value is -5.31. The van der Waals surface area contributed by atoms with Crippen molar-refractivity contribution in [1.29, 1.82) is 0 Å². The van der Waals surface area contributed by atoms with Crippen molar-refractivity contribution in [3.8, 4) is 0 Å². The summed E-state index contributed by atoms with van der Waals surface area (Å²) in [5.41, 5.74) is 5.03. The van der Waals surface area contributed by atoms with Crippen molar-refractivity contribution in [3.63, 3.8) is 0 Å². The lowest BCUT2D eigenvalue weighted by atomic mass is 9.79. The maximum absolute atomic E-state index is 11.7. The van der Waals surface area contributed by atoms with Crippen LogP contribution in [0.3, 0.4) is 0 Å². The van der Waals surface area contributed by atoms with Crippen LogP contribution >= 0.6 is 0 Å². The molecule has 0 aliphatic carbocycles. The highest BCUT2D eigenvalue weighted by molar-refractivity contribution is 6.07. The molecule has 0 saturated carbocycles. The molecule has 0 amide bonds. The lowest BCUT2D eigenvalue weighted by Gasteiger charge is -2.28. The number of nitrogens with zero attached hydrogens (tertiary/aromatic N) is 2. The Labute approximate surface area is 311 Å². The van der Waals surface area contributed by atoms with E-state index in [1.165, 1.54) is 32.7 Å². The first-order valence-electron chi connectivity index (χ1n) is 18.1. The zero-order chi connectivity index (χ0) is 38.0. The largest absolute Gasteiger partial charge is 0.480 e. The van der Waals surface area contributed by atoms with Crippen LogP contribution in [0.2, 0.25) is 0 Å². The maximum Gasteiger partial charge on any atom is 0.335 e. The average molecular weight is 714 g/mol. The normalized spacial score (nSPS) is 17.3. The fraction of sp³-hybridized carbons (Fsp3) is 0.311. The highest BCUT2D eigenvalue weighted by Crippen LogP contribution is 2.50. The van der Waals surface area contributed by atoms with Gasteiger partial charge < -0.3 is 24.6 Å². The van der Waals surface area contributed by atoms with Crippen molar-refractivity contribution in [2.45, 2.75) is 58.0 Å². The van der Waals surface area contributed by atoms with Crippen molar-refractivity contribution in [2.75, 3.05) is 37.8 Å². The van der Waals surface area contributed by atoms with Crippen LogP contribution in [0.25, 0.3) is 21.5 Å². The molecule has 2 heterocycles. The van der Waals surface area contributed by atoms with Gasteiger partial charge in [0.25, 0.3) is 0 Å². The van der Waals surface area contributed by atoms with Gasteiger partial charge in [0.1, 0.15) is 13.2 Å². The third kappa shape index (κ3) is 7.34. The van der Waals surface area contributed by atoms with E-state index in [1.54, 1.807) is 13.8 Å². The van der Waals surface area contributed by atoms with E-state index in [1.807, 2.05) is 30.4 Å². The second-order valence-electron chi connectivity index (χ2n) is 15.1. The molecule has 0 aromatic heterocycles. The first kappa shape index (κ1) is 37.4. The van der Waals surface area contributed by atoms with Crippen molar-refractivity contribution in [2.24, 2.45) is 0 Å². The van der Waals surface area contributed by atoms with Gasteiger partial charge in [-0.2, -0.15) is 4.58 Å². The minimum Gasteiger partial charge on any atom is -0.480 e. The monoisotopic (exact) mass is 713 g/mol. The molecule has 2 aliphatic heterocycles. The lowest BCUT2D eigenvalue weighted by Crippen LogP contribution is -2.38. The number of ether oxygens (including phenoxy) is 2. The number of allylic oxidation sites excluding steroid dienone is 8. The molecular weight excluding hydrogens is 665 g/mol. The number of fused-ring (bicyclic) bond motifs is 6. The topological polar surface area (TPSA) is 99.3 Å². The first-order chi connectivity index (χ1) is 25.2. The van der Waals surface area contributed by atoms with Crippen molar-refractivity contribution < 1.29 is 33.9 Å². The van der Waals surface area contributed by atoms with Crippen LogP contribution in [0.1, 0.15) is 52.7 Å². The fourth-order valence-electron chi connectivity index (χ4n) is 7.81. The molecule has 53 heavy (non-hydrogen) atoms. The SMILES string of the molecule is CC(C)(OCCN1/C(=C/C=C/C=C/C=C/C2=[N+](CCOCC(=O)O)c3ccc4ccccc4c3C2(C)C)C(C)(C)c2c1ccc1ccccc21)C(=O)O. The molecule has 4 aromatic rings. The molecule has 8 nitrogen and oxygen atoms in total. The number of anilines is 1. The summed E-state index contributed by atoms with van der Waals surface area (Å²) in [5.74, 6) is -1.97. The van der Waals surface area contributed by atoms with E-state index in [-0.39, 0.29) is 30.7 Å². The third-order valence-electron chi connectivity index (χ3n) is 10.4. The van der Waals surface area contributed by atoms with E-state index < -0.39 is 17.5 Å². The number of carbonyl (C=O) groups is 2. The number of benzene rings is 4. The second-order valence-corrected chi connectivity index (χ2v) is 15.1. The van der Waals surface area contributed by atoms with Crippen molar-refractivity contribution >= 4 is 50.6 Å². The zero-order valence-electron chi connectivity index (χ0n) is 31.4. The smallest absolute Gasteiger partial charge is 0.335 e. The van der Waals surface area contributed by atoms with Gasteiger partial charge in [-0.1, -0.05) is 98.8 Å². The number of aliphatic carboxylic acids is 2. The molecule has 0 radical (unpaired) electrons. The summed E-state index contributed by atoms with van der Waals surface area (Å²) in [5, 5.41) is 23.4. The van der Waals surface area contributed by atoms with Gasteiger partial charge in [0.05, 0.1) is 12.0 Å². The standard InChI is InChI=1S/C45H48N2O6/c1-43(2)37(46(26-28-52-30-39(48)49)35-24-22-31-16-12-14-18-33(31)40(35)43)20-10-8-7-9-11-21-38-44(3,4)41-34-19-15-13-17-32(34)23-25-36(41)47(38)27-29-53-45(5,6)42(50)51/h7-25H,26-30H2,1-6H3,(H-,48,49,50,51)/p+1. The van der Waals surface area contributed by atoms with Crippen LogP contribution in [0.5, 0.6) is 0 Å². The summed E-state index contributed by atoms with van der Waals surface area (Å²) in [6.45, 7) is 13.3. The average Bonchev–Trinajstić information content (AvgIpc) is 3.47. The summed E-state index contributed by atoms with van der Waals surface area (Å²) in [6, 6.07) is 25.4. The molecule has 0 spiro atoms. The van der Waals surface area contributed by atoms with Gasteiger partial charge >= 0.3 is 11.9 Å². The van der Waals surface area contributed by atoms with Crippen LogP contribution in [-0.4, -0.2) is 71.0 Å². The van der Waals surface area contributed by atoms with E-state index in [0.717, 1.165) is 22.8 Å². The van der Waals surface area contributed by atoms with Crippen LogP contribution in [0.15, 0.2) is 121 Å². The van der Waals surface area contributed by atoms with E-state index in [9.17, 15) is 14.7 Å². The van der Waals surface area contributed by atoms with E-state index in [2.05, 4.69) is 122 Å². The quantitative estimate of drug-likeness (QED) is 0.0767. The Morgan fingerprint density at radius 3 is 2.08 bits per heavy atom. The minimum absolute atomic E-state index is 0.255. The Bertz CT molecular complexity index is 2220. The molecule has 274 valence electrons. The fourth-order valence-corrected chi connectivity index (χ4v) is 7.81. The Kier molecular flexibility index (Phi) is 10.6. The van der Waals surface area contributed by atoms with Gasteiger partial charge in [0, 0.05) is 41.1 Å². The molecule has 0 atom stereocenters. The predicted octanol–water partition coefficient (Wildman–Crippen LogP) is 8.70. The summed E-state index contributed by atoms with van der Waals surface area (Å²) < 4.78 is 13.5. The number of carboxylic acids is 2. The molecule has 0 saturated heterocycles. The van der Waals surface area contributed by atoms with Gasteiger partial charge in [-0.15, -0.1) is 0 Å². The molecular formula is C45H49N2O6+. The van der Waals surface area contributed by atoms with Crippen molar-refractivity contribution in [3.05, 3.63) is 132 Å². The summed E-state index contributed by atoms with van der Waals surface area (Å²) in [6.07, 6.45) is 14.4. The number of hydrogen-bond donors (Lipinski definition) is 2.